The Bertz CT molecular complexity index is 464. The van der Waals surface area contributed by atoms with Gasteiger partial charge in [-0.2, -0.15) is 11.8 Å². The number of hydrogen-bond acceptors (Lipinski definition) is 5. The first kappa shape index (κ1) is 15.2. The van der Waals surface area contributed by atoms with Gasteiger partial charge in [0.1, 0.15) is 11.8 Å². The highest BCUT2D eigenvalue weighted by Crippen LogP contribution is 2.26. The lowest BCUT2D eigenvalue weighted by molar-refractivity contribution is -0.142. The van der Waals surface area contributed by atoms with Gasteiger partial charge < -0.3 is 15.2 Å². The van der Waals surface area contributed by atoms with Crippen molar-refractivity contribution in [1.82, 2.24) is 0 Å². The number of thioether (sulfide) groups is 1. The molecule has 1 aromatic carbocycles. The molecule has 0 amide bonds. The van der Waals surface area contributed by atoms with Crippen molar-refractivity contribution in [2.24, 2.45) is 5.73 Å². The zero-order chi connectivity index (χ0) is 14.4. The van der Waals surface area contributed by atoms with Crippen LogP contribution in [0.2, 0.25) is 0 Å². The average Bonchev–Trinajstić information content (AvgIpc) is 2.93. The van der Waals surface area contributed by atoms with E-state index in [0.29, 0.717) is 6.42 Å². The molecule has 1 unspecified atom stereocenters. The fraction of sp³-hybridized carbons (Fsp3) is 0.533. The lowest BCUT2D eigenvalue weighted by Gasteiger charge is -2.08. The Hall–Kier alpha value is -1.20. The molecule has 0 saturated heterocycles. The van der Waals surface area contributed by atoms with Crippen LogP contribution in [0.25, 0.3) is 0 Å². The zero-order valence-electron chi connectivity index (χ0n) is 11.8. The summed E-state index contributed by atoms with van der Waals surface area (Å²) in [6.07, 6.45) is 2.71. The molecule has 0 radical (unpaired) electrons. The van der Waals surface area contributed by atoms with Crippen molar-refractivity contribution in [3.8, 4) is 5.75 Å². The van der Waals surface area contributed by atoms with E-state index < -0.39 is 6.04 Å². The van der Waals surface area contributed by atoms with Gasteiger partial charge >= 0.3 is 5.97 Å². The first-order chi connectivity index (χ1) is 9.70. The van der Waals surface area contributed by atoms with Crippen molar-refractivity contribution in [2.45, 2.75) is 25.3 Å². The number of benzene rings is 1. The van der Waals surface area contributed by atoms with Crippen LogP contribution in [-0.2, 0) is 22.4 Å². The third kappa shape index (κ3) is 4.15. The molecule has 2 N–H and O–H groups in total. The molecular formula is C15H21NO3S. The van der Waals surface area contributed by atoms with Crippen LogP contribution in [0.15, 0.2) is 18.2 Å². The van der Waals surface area contributed by atoms with Gasteiger partial charge in [-0.05, 0) is 41.5 Å². The lowest BCUT2D eigenvalue weighted by atomic mass is 10.1. The standard InChI is InChI=1S/C15H21NO3S/c1-18-15(17)13(16)6-9-20-8-5-11-2-3-14-12(10-11)4-7-19-14/h2-3,10,13H,4-9,16H2,1H3. The summed E-state index contributed by atoms with van der Waals surface area (Å²) in [6.45, 7) is 0.805. The number of ether oxygens (including phenoxy) is 2. The SMILES string of the molecule is COC(=O)C(N)CCSCCc1ccc2c(c1)CCO2. The van der Waals surface area contributed by atoms with Crippen molar-refractivity contribution in [3.63, 3.8) is 0 Å². The monoisotopic (exact) mass is 295 g/mol. The van der Waals surface area contributed by atoms with Crippen LogP contribution in [0.1, 0.15) is 17.5 Å². The van der Waals surface area contributed by atoms with Crippen molar-refractivity contribution in [3.05, 3.63) is 29.3 Å². The van der Waals surface area contributed by atoms with E-state index in [-0.39, 0.29) is 5.97 Å². The minimum absolute atomic E-state index is 0.329. The Balaban J connectivity index is 1.65. The minimum Gasteiger partial charge on any atom is -0.493 e. The van der Waals surface area contributed by atoms with E-state index in [9.17, 15) is 4.79 Å². The van der Waals surface area contributed by atoms with E-state index >= 15 is 0 Å². The van der Waals surface area contributed by atoms with E-state index in [2.05, 4.69) is 22.9 Å². The van der Waals surface area contributed by atoms with Crippen LogP contribution >= 0.6 is 11.8 Å². The van der Waals surface area contributed by atoms with E-state index in [1.165, 1.54) is 18.2 Å². The summed E-state index contributed by atoms with van der Waals surface area (Å²) in [6, 6.07) is 5.94. The summed E-state index contributed by atoms with van der Waals surface area (Å²) in [5.74, 6) is 2.62. The molecule has 1 aliphatic heterocycles. The Kier molecular flexibility index (Phi) is 5.73. The molecule has 2 rings (SSSR count). The third-order valence-electron chi connectivity index (χ3n) is 3.37. The minimum atomic E-state index is -0.496. The van der Waals surface area contributed by atoms with E-state index in [0.717, 1.165) is 36.7 Å². The van der Waals surface area contributed by atoms with Gasteiger partial charge in [-0.3, -0.25) is 4.79 Å². The highest BCUT2D eigenvalue weighted by Gasteiger charge is 2.13. The first-order valence-corrected chi connectivity index (χ1v) is 8.02. The second-order valence-electron chi connectivity index (χ2n) is 4.82. The molecule has 1 aromatic rings. The summed E-state index contributed by atoms with van der Waals surface area (Å²) >= 11 is 1.82. The number of aryl methyl sites for hydroxylation is 1. The van der Waals surface area contributed by atoms with E-state index in [1.807, 2.05) is 11.8 Å². The molecule has 5 heteroatoms. The van der Waals surface area contributed by atoms with Crippen molar-refractivity contribution < 1.29 is 14.3 Å². The summed E-state index contributed by atoms with van der Waals surface area (Å²) in [5, 5.41) is 0. The molecule has 0 bridgehead atoms. The van der Waals surface area contributed by atoms with Crippen LogP contribution in [0.3, 0.4) is 0 Å². The van der Waals surface area contributed by atoms with Crippen LogP contribution in [0, 0.1) is 0 Å². The number of carbonyl (C=O) groups is 1. The molecule has 0 saturated carbocycles. The second-order valence-corrected chi connectivity index (χ2v) is 6.05. The topological polar surface area (TPSA) is 61.5 Å². The van der Waals surface area contributed by atoms with Gasteiger partial charge in [0.15, 0.2) is 0 Å². The summed E-state index contributed by atoms with van der Waals surface area (Å²) in [5.41, 5.74) is 8.35. The van der Waals surface area contributed by atoms with Gasteiger partial charge in [-0.15, -0.1) is 0 Å². The number of hydrogen-bond donors (Lipinski definition) is 1. The molecule has 20 heavy (non-hydrogen) atoms. The van der Waals surface area contributed by atoms with Gasteiger partial charge in [0.2, 0.25) is 0 Å². The van der Waals surface area contributed by atoms with Crippen LogP contribution in [0.4, 0.5) is 0 Å². The molecule has 1 aliphatic rings. The largest absolute Gasteiger partial charge is 0.493 e. The van der Waals surface area contributed by atoms with Crippen molar-refractivity contribution >= 4 is 17.7 Å². The van der Waals surface area contributed by atoms with Gasteiger partial charge in [0.05, 0.1) is 13.7 Å². The highest BCUT2D eigenvalue weighted by atomic mass is 32.2. The van der Waals surface area contributed by atoms with Crippen LogP contribution in [-0.4, -0.2) is 37.2 Å². The lowest BCUT2D eigenvalue weighted by Crippen LogP contribution is -2.32. The van der Waals surface area contributed by atoms with Gasteiger partial charge in [-0.25, -0.2) is 0 Å². The summed E-state index contributed by atoms with van der Waals surface area (Å²) in [4.78, 5) is 11.1. The number of fused-ring (bicyclic) bond motifs is 1. The fourth-order valence-corrected chi connectivity index (χ4v) is 3.17. The molecule has 1 atom stereocenters. The number of esters is 1. The summed E-state index contributed by atoms with van der Waals surface area (Å²) in [7, 11) is 1.37. The van der Waals surface area contributed by atoms with E-state index in [4.69, 9.17) is 10.5 Å². The number of rotatable bonds is 7. The maximum absolute atomic E-state index is 11.1. The Morgan fingerprint density at radius 1 is 1.50 bits per heavy atom. The second kappa shape index (κ2) is 7.55. The molecule has 110 valence electrons. The number of nitrogens with two attached hydrogens (primary N) is 1. The molecule has 0 fully saturated rings. The Morgan fingerprint density at radius 3 is 3.15 bits per heavy atom. The van der Waals surface area contributed by atoms with Crippen LogP contribution < -0.4 is 10.5 Å². The normalized spacial score (nSPS) is 14.5. The van der Waals surface area contributed by atoms with E-state index in [1.54, 1.807) is 0 Å². The zero-order valence-corrected chi connectivity index (χ0v) is 12.6. The average molecular weight is 295 g/mol. The van der Waals surface area contributed by atoms with Crippen molar-refractivity contribution in [2.75, 3.05) is 25.2 Å². The molecule has 0 aromatic heterocycles. The van der Waals surface area contributed by atoms with Crippen molar-refractivity contribution in [1.29, 1.82) is 0 Å². The van der Waals surface area contributed by atoms with Gasteiger partial charge in [0.25, 0.3) is 0 Å². The maximum atomic E-state index is 11.1. The maximum Gasteiger partial charge on any atom is 0.322 e. The smallest absolute Gasteiger partial charge is 0.322 e. The molecule has 4 nitrogen and oxygen atoms in total. The number of carbonyl (C=O) groups excluding carboxylic acids is 1. The van der Waals surface area contributed by atoms with Gasteiger partial charge in [0, 0.05) is 6.42 Å². The fourth-order valence-electron chi connectivity index (χ4n) is 2.17. The Labute approximate surface area is 124 Å². The highest BCUT2D eigenvalue weighted by molar-refractivity contribution is 7.99. The van der Waals surface area contributed by atoms with Crippen LogP contribution in [0.5, 0.6) is 5.75 Å². The molecule has 1 heterocycles. The molecular weight excluding hydrogens is 274 g/mol. The van der Waals surface area contributed by atoms with Gasteiger partial charge in [-0.1, -0.05) is 12.1 Å². The number of methoxy groups -OCH3 is 1. The quantitative estimate of drug-likeness (QED) is 0.614. The predicted octanol–water partition coefficient (Wildman–Crippen LogP) is 1.79. The Morgan fingerprint density at radius 2 is 2.35 bits per heavy atom. The first-order valence-electron chi connectivity index (χ1n) is 6.86. The third-order valence-corrected chi connectivity index (χ3v) is 4.38. The predicted molar refractivity (Wildman–Crippen MR) is 81.3 cm³/mol. The summed E-state index contributed by atoms with van der Waals surface area (Å²) < 4.78 is 10.1. The molecule has 0 spiro atoms. The molecule has 0 aliphatic carbocycles.